The number of amides is 1. The van der Waals surface area contributed by atoms with Crippen LogP contribution in [0.15, 0.2) is 69.3 Å². The van der Waals surface area contributed by atoms with Crippen LogP contribution in [0.4, 0.5) is 17.1 Å². The smallest absolute Gasteiger partial charge is 0.337 e. The summed E-state index contributed by atoms with van der Waals surface area (Å²) in [6, 6.07) is 9.89. The van der Waals surface area contributed by atoms with Gasteiger partial charge in [0, 0.05) is 6.07 Å². The molecule has 0 spiro atoms. The molecule has 0 saturated carbocycles. The van der Waals surface area contributed by atoms with Gasteiger partial charge in [-0.2, -0.15) is 0 Å². The average molecular weight is 384 g/mol. The first-order valence-electron chi connectivity index (χ1n) is 7.84. The molecule has 0 heterocycles. The Morgan fingerprint density at radius 2 is 1.82 bits per heavy atom. The van der Waals surface area contributed by atoms with Crippen LogP contribution in [0.5, 0.6) is 5.75 Å². The Morgan fingerprint density at radius 1 is 1.11 bits per heavy atom. The van der Waals surface area contributed by atoms with Crippen molar-refractivity contribution in [1.29, 1.82) is 0 Å². The van der Waals surface area contributed by atoms with E-state index in [1.807, 2.05) is 0 Å². The van der Waals surface area contributed by atoms with E-state index in [-0.39, 0.29) is 28.4 Å². The van der Waals surface area contributed by atoms with Crippen molar-refractivity contribution in [3.8, 4) is 5.75 Å². The lowest BCUT2D eigenvalue weighted by Crippen LogP contribution is -2.17. The first kappa shape index (κ1) is 20.2. The summed E-state index contributed by atoms with van der Waals surface area (Å²) in [4.78, 5) is 34.3. The van der Waals surface area contributed by atoms with Gasteiger partial charge in [0.1, 0.15) is 22.9 Å². The van der Waals surface area contributed by atoms with Gasteiger partial charge in [0.15, 0.2) is 5.70 Å². The molecular formula is C18H16N4O6. The molecule has 0 atom stereocenters. The van der Waals surface area contributed by atoms with Crippen molar-refractivity contribution in [1.82, 2.24) is 0 Å². The van der Waals surface area contributed by atoms with Crippen LogP contribution < -0.4 is 10.1 Å². The van der Waals surface area contributed by atoms with E-state index in [0.717, 1.165) is 0 Å². The summed E-state index contributed by atoms with van der Waals surface area (Å²) in [6.07, 6.45) is 0. The number of nitrogens with one attached hydrogen (secondary N) is 1. The summed E-state index contributed by atoms with van der Waals surface area (Å²) < 4.78 is 5.08. The Morgan fingerprint density at radius 3 is 2.43 bits per heavy atom. The van der Waals surface area contributed by atoms with Gasteiger partial charge in [0.25, 0.3) is 5.91 Å². The second kappa shape index (κ2) is 9.03. The van der Waals surface area contributed by atoms with Gasteiger partial charge in [-0.05, 0) is 36.4 Å². The molecule has 2 rings (SSSR count). The zero-order valence-electron chi connectivity index (χ0n) is 14.9. The summed E-state index contributed by atoms with van der Waals surface area (Å²) in [7, 11) is 1.35. The minimum Gasteiger partial charge on any atom is -0.510 e. The third kappa shape index (κ3) is 4.75. The third-order valence-corrected chi connectivity index (χ3v) is 3.49. The van der Waals surface area contributed by atoms with Crippen molar-refractivity contribution >= 4 is 28.9 Å². The molecule has 0 unspecified atom stereocenters. The van der Waals surface area contributed by atoms with Crippen molar-refractivity contribution in [2.24, 2.45) is 15.4 Å². The molecule has 10 nitrogen and oxygen atoms in total. The highest BCUT2D eigenvalue weighted by molar-refractivity contribution is 6.07. The molecule has 0 aliphatic rings. The minimum atomic E-state index is -1.22. The van der Waals surface area contributed by atoms with Crippen molar-refractivity contribution in [3.05, 3.63) is 64.4 Å². The number of hydrogen-bond donors (Lipinski definition) is 3. The highest BCUT2D eigenvalue weighted by atomic mass is 16.5. The molecule has 0 radical (unpaired) electrons. The molecule has 144 valence electrons. The predicted molar refractivity (Wildman–Crippen MR) is 100 cm³/mol. The fourth-order valence-corrected chi connectivity index (χ4v) is 2.15. The number of carbonyl (C=O) groups excluding carboxylic acids is 1. The first-order chi connectivity index (χ1) is 13.4. The SMILES string of the molecule is COc1cc(N=O)ccc1N=NC(C(=O)Nc1ccccc1C(=O)O)=C(C)O. The van der Waals surface area contributed by atoms with Gasteiger partial charge in [0.05, 0.1) is 18.4 Å². The molecule has 0 aromatic heterocycles. The van der Waals surface area contributed by atoms with Crippen LogP contribution in [0.3, 0.4) is 0 Å². The number of nitroso groups, excluding NO2 is 1. The van der Waals surface area contributed by atoms with E-state index < -0.39 is 23.3 Å². The maximum absolute atomic E-state index is 12.4. The topological polar surface area (TPSA) is 150 Å². The molecule has 1 amide bonds. The number of aliphatic hydroxyl groups excluding tert-OH is 1. The van der Waals surface area contributed by atoms with Crippen LogP contribution >= 0.6 is 0 Å². The zero-order chi connectivity index (χ0) is 20.7. The van der Waals surface area contributed by atoms with E-state index in [1.165, 1.54) is 50.4 Å². The van der Waals surface area contributed by atoms with Crippen LogP contribution in [0.1, 0.15) is 17.3 Å². The van der Waals surface area contributed by atoms with Crippen molar-refractivity contribution in [2.45, 2.75) is 6.92 Å². The fourth-order valence-electron chi connectivity index (χ4n) is 2.15. The number of nitrogens with zero attached hydrogens (tertiary/aromatic N) is 3. The van der Waals surface area contributed by atoms with Gasteiger partial charge in [0.2, 0.25) is 0 Å². The molecule has 10 heteroatoms. The molecular weight excluding hydrogens is 368 g/mol. The summed E-state index contributed by atoms with van der Waals surface area (Å²) in [6.45, 7) is 1.23. The normalized spacial score (nSPS) is 11.6. The third-order valence-electron chi connectivity index (χ3n) is 3.49. The Bertz CT molecular complexity index is 980. The van der Waals surface area contributed by atoms with E-state index in [1.54, 1.807) is 6.07 Å². The number of carbonyl (C=O) groups is 2. The van der Waals surface area contributed by atoms with Crippen LogP contribution in [0.2, 0.25) is 0 Å². The standard InChI is InChI=1S/C18H16N4O6/c1-10(23)16(17(24)19-13-6-4-3-5-12(13)18(25)26)21-20-14-8-7-11(22-27)9-15(14)28-2/h3-9,23H,1-2H3,(H,19,24)(H,25,26). The van der Waals surface area contributed by atoms with Crippen LogP contribution in [0.25, 0.3) is 0 Å². The van der Waals surface area contributed by atoms with E-state index >= 15 is 0 Å². The number of benzene rings is 2. The molecule has 2 aromatic carbocycles. The lowest BCUT2D eigenvalue weighted by molar-refractivity contribution is -0.113. The van der Waals surface area contributed by atoms with E-state index in [9.17, 15) is 24.7 Å². The molecule has 0 aliphatic carbocycles. The number of aliphatic hydroxyl groups is 1. The Hall–Kier alpha value is -4.08. The number of aromatic carboxylic acids is 1. The number of ether oxygens (including phenoxy) is 1. The number of allylic oxidation sites excluding steroid dienone is 1. The highest BCUT2D eigenvalue weighted by Crippen LogP contribution is 2.32. The van der Waals surface area contributed by atoms with Gasteiger partial charge in [-0.25, -0.2) is 4.79 Å². The molecule has 3 N–H and O–H groups in total. The fraction of sp³-hybridized carbons (Fsp3) is 0.111. The second-order valence-electron chi connectivity index (χ2n) is 5.39. The number of carboxylic acids is 1. The Kier molecular flexibility index (Phi) is 6.53. The van der Waals surface area contributed by atoms with Gasteiger partial charge in [-0.1, -0.05) is 12.1 Å². The summed E-state index contributed by atoms with van der Waals surface area (Å²) >= 11 is 0. The number of anilines is 1. The summed E-state index contributed by atoms with van der Waals surface area (Å²) in [5, 5.41) is 31.7. The predicted octanol–water partition coefficient (Wildman–Crippen LogP) is 4.30. The monoisotopic (exact) mass is 384 g/mol. The number of para-hydroxylation sites is 1. The largest absolute Gasteiger partial charge is 0.510 e. The Labute approximate surface area is 159 Å². The number of rotatable bonds is 7. The van der Waals surface area contributed by atoms with Crippen molar-refractivity contribution in [2.75, 3.05) is 12.4 Å². The minimum absolute atomic E-state index is 0.0351. The quantitative estimate of drug-likeness (QED) is 0.280. The molecule has 0 fully saturated rings. The number of azo groups is 1. The van der Waals surface area contributed by atoms with Crippen LogP contribution in [-0.4, -0.2) is 29.2 Å². The van der Waals surface area contributed by atoms with Gasteiger partial charge in [-0.15, -0.1) is 15.1 Å². The first-order valence-corrected chi connectivity index (χ1v) is 7.84. The van der Waals surface area contributed by atoms with E-state index in [2.05, 4.69) is 20.7 Å². The maximum Gasteiger partial charge on any atom is 0.337 e. The number of methoxy groups -OCH3 is 1. The van der Waals surface area contributed by atoms with Crippen molar-refractivity contribution in [3.63, 3.8) is 0 Å². The van der Waals surface area contributed by atoms with Gasteiger partial charge in [-0.3, -0.25) is 4.79 Å². The van der Waals surface area contributed by atoms with Crippen LogP contribution in [0, 0.1) is 4.91 Å². The second-order valence-corrected chi connectivity index (χ2v) is 5.39. The molecule has 0 aliphatic heterocycles. The van der Waals surface area contributed by atoms with Crippen LogP contribution in [-0.2, 0) is 4.79 Å². The number of hydrogen-bond acceptors (Lipinski definition) is 8. The van der Waals surface area contributed by atoms with Gasteiger partial charge >= 0.3 is 5.97 Å². The van der Waals surface area contributed by atoms with E-state index in [4.69, 9.17) is 4.74 Å². The molecule has 2 aromatic rings. The average Bonchev–Trinajstić information content (AvgIpc) is 2.68. The lowest BCUT2D eigenvalue weighted by atomic mass is 10.1. The molecule has 0 saturated heterocycles. The molecule has 0 bridgehead atoms. The lowest BCUT2D eigenvalue weighted by Gasteiger charge is -2.09. The van der Waals surface area contributed by atoms with Crippen molar-refractivity contribution < 1.29 is 24.5 Å². The zero-order valence-corrected chi connectivity index (χ0v) is 14.9. The molecule has 28 heavy (non-hydrogen) atoms. The highest BCUT2D eigenvalue weighted by Gasteiger charge is 2.17. The number of carboxylic acid groups (broad SMARTS) is 1. The summed E-state index contributed by atoms with van der Waals surface area (Å²) in [5.41, 5.74) is -0.213. The van der Waals surface area contributed by atoms with Gasteiger partial charge < -0.3 is 20.3 Å². The maximum atomic E-state index is 12.4. The Balaban J connectivity index is 2.31. The van der Waals surface area contributed by atoms with E-state index in [0.29, 0.717) is 0 Å². The summed E-state index contributed by atoms with van der Waals surface area (Å²) in [5.74, 6) is -2.33.